The smallest absolute Gasteiger partial charge is 0.340 e. The van der Waals surface area contributed by atoms with Crippen molar-refractivity contribution in [2.24, 2.45) is 0 Å². The van der Waals surface area contributed by atoms with Gasteiger partial charge < -0.3 is 20.1 Å². The SMILES string of the molecule is CCOC(=O)c1ccccc1NC(=O)CSc1nnc(Nc2ccc(OC)cc2)s1. The molecule has 0 unspecified atom stereocenters. The molecule has 0 aliphatic rings. The first-order valence-electron chi connectivity index (χ1n) is 9.02. The number of esters is 1. The van der Waals surface area contributed by atoms with Crippen LogP contribution >= 0.6 is 23.1 Å². The Morgan fingerprint density at radius 3 is 2.60 bits per heavy atom. The molecule has 3 rings (SSSR count). The third-order valence-corrected chi connectivity index (χ3v) is 5.74. The van der Waals surface area contributed by atoms with Gasteiger partial charge >= 0.3 is 5.97 Å². The average molecular weight is 445 g/mol. The fraction of sp³-hybridized carbons (Fsp3) is 0.200. The number of amides is 1. The van der Waals surface area contributed by atoms with Crippen LogP contribution in [0, 0.1) is 0 Å². The molecule has 0 saturated carbocycles. The number of nitrogens with one attached hydrogen (secondary N) is 2. The van der Waals surface area contributed by atoms with Gasteiger partial charge in [0.05, 0.1) is 30.7 Å². The van der Waals surface area contributed by atoms with E-state index >= 15 is 0 Å². The summed E-state index contributed by atoms with van der Waals surface area (Å²) in [4.78, 5) is 24.3. The van der Waals surface area contributed by atoms with Crippen LogP contribution in [0.2, 0.25) is 0 Å². The van der Waals surface area contributed by atoms with Crippen molar-refractivity contribution in [2.45, 2.75) is 11.3 Å². The zero-order valence-corrected chi connectivity index (χ0v) is 18.0. The summed E-state index contributed by atoms with van der Waals surface area (Å²) in [6.07, 6.45) is 0. The summed E-state index contributed by atoms with van der Waals surface area (Å²) < 4.78 is 10.8. The van der Waals surface area contributed by atoms with Gasteiger partial charge in [0.2, 0.25) is 11.0 Å². The molecule has 1 amide bonds. The zero-order chi connectivity index (χ0) is 21.3. The summed E-state index contributed by atoms with van der Waals surface area (Å²) >= 11 is 2.61. The summed E-state index contributed by atoms with van der Waals surface area (Å²) in [6.45, 7) is 2.00. The van der Waals surface area contributed by atoms with Crippen molar-refractivity contribution in [3.8, 4) is 5.75 Å². The third-order valence-electron chi connectivity index (χ3n) is 3.77. The lowest BCUT2D eigenvalue weighted by atomic mass is 10.2. The second-order valence-corrected chi connectivity index (χ2v) is 8.03. The molecule has 10 heteroatoms. The fourth-order valence-electron chi connectivity index (χ4n) is 2.41. The van der Waals surface area contributed by atoms with Crippen molar-refractivity contribution in [3.63, 3.8) is 0 Å². The molecule has 2 aromatic carbocycles. The lowest BCUT2D eigenvalue weighted by Crippen LogP contribution is -2.17. The van der Waals surface area contributed by atoms with Gasteiger partial charge in [0, 0.05) is 5.69 Å². The van der Waals surface area contributed by atoms with Crippen molar-refractivity contribution in [3.05, 3.63) is 54.1 Å². The summed E-state index contributed by atoms with van der Waals surface area (Å²) in [7, 11) is 1.61. The molecule has 30 heavy (non-hydrogen) atoms. The Morgan fingerprint density at radius 1 is 1.10 bits per heavy atom. The number of hydrogen-bond acceptors (Lipinski definition) is 9. The number of ether oxygens (including phenoxy) is 2. The molecule has 2 N–H and O–H groups in total. The molecule has 0 saturated heterocycles. The Morgan fingerprint density at radius 2 is 1.87 bits per heavy atom. The number of benzene rings is 2. The molecule has 156 valence electrons. The van der Waals surface area contributed by atoms with Crippen molar-refractivity contribution >= 4 is 51.5 Å². The van der Waals surface area contributed by atoms with E-state index in [2.05, 4.69) is 20.8 Å². The molecule has 0 radical (unpaired) electrons. The highest BCUT2D eigenvalue weighted by Gasteiger charge is 2.15. The molecular weight excluding hydrogens is 424 g/mol. The van der Waals surface area contributed by atoms with Crippen LogP contribution in [0.25, 0.3) is 0 Å². The highest BCUT2D eigenvalue weighted by atomic mass is 32.2. The highest BCUT2D eigenvalue weighted by Crippen LogP contribution is 2.28. The maximum absolute atomic E-state index is 12.3. The Balaban J connectivity index is 1.54. The minimum absolute atomic E-state index is 0.133. The van der Waals surface area contributed by atoms with Gasteiger partial charge in [0.1, 0.15) is 5.75 Å². The number of carbonyl (C=O) groups excluding carboxylic acids is 2. The molecule has 1 aromatic heterocycles. The summed E-state index contributed by atoms with van der Waals surface area (Å²) in [5.74, 6) is 0.176. The molecule has 0 fully saturated rings. The Bertz CT molecular complexity index is 1010. The molecular formula is C20H20N4O4S2. The lowest BCUT2D eigenvalue weighted by Gasteiger charge is -2.09. The van der Waals surface area contributed by atoms with Crippen LogP contribution in [0.5, 0.6) is 5.75 Å². The Labute approximate surface area is 182 Å². The Kier molecular flexibility index (Phi) is 7.63. The van der Waals surface area contributed by atoms with Gasteiger partial charge in [-0.05, 0) is 43.3 Å². The maximum atomic E-state index is 12.3. The number of methoxy groups -OCH3 is 1. The number of carbonyl (C=O) groups is 2. The van der Waals surface area contributed by atoms with E-state index in [1.54, 1.807) is 38.3 Å². The summed E-state index contributed by atoms with van der Waals surface area (Å²) in [6, 6.07) is 14.2. The second-order valence-electron chi connectivity index (χ2n) is 5.83. The average Bonchev–Trinajstić information content (AvgIpc) is 3.20. The predicted molar refractivity (Wildman–Crippen MR) is 118 cm³/mol. The highest BCUT2D eigenvalue weighted by molar-refractivity contribution is 8.01. The molecule has 0 spiro atoms. The normalized spacial score (nSPS) is 10.3. The maximum Gasteiger partial charge on any atom is 0.340 e. The first-order valence-corrected chi connectivity index (χ1v) is 10.8. The summed E-state index contributed by atoms with van der Waals surface area (Å²) in [5, 5.41) is 14.7. The number of rotatable bonds is 9. The van der Waals surface area contributed by atoms with Gasteiger partial charge in [0.25, 0.3) is 0 Å². The van der Waals surface area contributed by atoms with Gasteiger partial charge in [-0.25, -0.2) is 4.79 Å². The van der Waals surface area contributed by atoms with Crippen LogP contribution < -0.4 is 15.4 Å². The van der Waals surface area contributed by atoms with Crippen LogP contribution in [0.3, 0.4) is 0 Å². The minimum atomic E-state index is -0.473. The van der Waals surface area contributed by atoms with Gasteiger partial charge in [-0.2, -0.15) is 0 Å². The molecule has 0 atom stereocenters. The van der Waals surface area contributed by atoms with Crippen LogP contribution in [0.4, 0.5) is 16.5 Å². The van der Waals surface area contributed by atoms with Gasteiger partial charge in [-0.1, -0.05) is 35.2 Å². The van der Waals surface area contributed by atoms with Gasteiger partial charge in [0.15, 0.2) is 4.34 Å². The van der Waals surface area contributed by atoms with Crippen molar-refractivity contribution in [1.29, 1.82) is 0 Å². The topological polar surface area (TPSA) is 102 Å². The van der Waals surface area contributed by atoms with Crippen molar-refractivity contribution in [1.82, 2.24) is 10.2 Å². The van der Waals surface area contributed by atoms with E-state index in [4.69, 9.17) is 9.47 Å². The van der Waals surface area contributed by atoms with Gasteiger partial charge in [-0.15, -0.1) is 10.2 Å². The van der Waals surface area contributed by atoms with Crippen LogP contribution in [-0.4, -0.2) is 41.5 Å². The molecule has 0 bridgehead atoms. The van der Waals surface area contributed by atoms with E-state index in [-0.39, 0.29) is 18.3 Å². The van der Waals surface area contributed by atoms with Crippen LogP contribution in [0.1, 0.15) is 17.3 Å². The van der Waals surface area contributed by atoms with E-state index in [1.807, 2.05) is 24.3 Å². The van der Waals surface area contributed by atoms with E-state index in [1.165, 1.54) is 23.1 Å². The number of anilines is 3. The second kappa shape index (κ2) is 10.6. The number of hydrogen-bond donors (Lipinski definition) is 2. The number of para-hydroxylation sites is 1. The molecule has 0 aliphatic carbocycles. The number of nitrogens with zero attached hydrogens (tertiary/aromatic N) is 2. The van der Waals surface area contributed by atoms with E-state index in [9.17, 15) is 9.59 Å². The van der Waals surface area contributed by atoms with Crippen LogP contribution in [0.15, 0.2) is 52.9 Å². The third kappa shape index (κ3) is 5.94. The van der Waals surface area contributed by atoms with Gasteiger partial charge in [-0.3, -0.25) is 4.79 Å². The lowest BCUT2D eigenvalue weighted by molar-refractivity contribution is -0.113. The molecule has 3 aromatic rings. The Hall–Kier alpha value is -3.11. The monoisotopic (exact) mass is 444 g/mol. The molecule has 0 aliphatic heterocycles. The number of aromatic nitrogens is 2. The summed E-state index contributed by atoms with van der Waals surface area (Å²) in [5.41, 5.74) is 1.59. The van der Waals surface area contributed by atoms with E-state index in [0.717, 1.165) is 11.4 Å². The van der Waals surface area contributed by atoms with E-state index < -0.39 is 5.97 Å². The zero-order valence-electron chi connectivity index (χ0n) is 16.4. The first-order chi connectivity index (χ1) is 14.6. The minimum Gasteiger partial charge on any atom is -0.497 e. The molecule has 8 nitrogen and oxygen atoms in total. The standard InChI is InChI=1S/C20H20N4O4S2/c1-3-28-18(26)15-6-4-5-7-16(15)22-17(25)12-29-20-24-23-19(30-20)21-13-8-10-14(27-2)11-9-13/h4-11H,3,12H2,1-2H3,(H,21,23)(H,22,25). The number of thioether (sulfide) groups is 1. The van der Waals surface area contributed by atoms with Crippen molar-refractivity contribution < 1.29 is 19.1 Å². The van der Waals surface area contributed by atoms with Crippen molar-refractivity contribution in [2.75, 3.05) is 30.1 Å². The molecule has 1 heterocycles. The predicted octanol–water partition coefficient (Wildman–Crippen LogP) is 4.20. The first kappa shape index (κ1) is 21.6. The quantitative estimate of drug-likeness (QED) is 0.374. The van der Waals surface area contributed by atoms with Crippen LogP contribution in [-0.2, 0) is 9.53 Å². The fourth-order valence-corrected chi connectivity index (χ4v) is 3.98. The van der Waals surface area contributed by atoms with E-state index in [0.29, 0.717) is 20.7 Å². The largest absolute Gasteiger partial charge is 0.497 e.